The first-order chi connectivity index (χ1) is 12.3. The fourth-order valence-corrected chi connectivity index (χ4v) is 4.06. The Kier molecular flexibility index (Phi) is 4.90. The number of esters is 1. The molecule has 136 valence electrons. The summed E-state index contributed by atoms with van der Waals surface area (Å²) in [6.07, 6.45) is 1.42. The number of benzene rings is 1. The van der Waals surface area contributed by atoms with Gasteiger partial charge in [0.2, 0.25) is 10.0 Å². The molecule has 2 heterocycles. The number of nitrogens with two attached hydrogens (primary N) is 1. The third-order valence-electron chi connectivity index (χ3n) is 3.81. The van der Waals surface area contributed by atoms with E-state index in [1.54, 1.807) is 12.1 Å². The lowest BCUT2D eigenvalue weighted by Crippen LogP contribution is -2.12. The van der Waals surface area contributed by atoms with Crippen LogP contribution in [-0.4, -0.2) is 31.5 Å². The summed E-state index contributed by atoms with van der Waals surface area (Å²) in [5.41, 5.74) is 1.61. The zero-order valence-corrected chi connectivity index (χ0v) is 15.6. The summed E-state index contributed by atoms with van der Waals surface area (Å²) in [6.45, 7) is 2.24. The summed E-state index contributed by atoms with van der Waals surface area (Å²) in [7, 11) is -2.38. The summed E-state index contributed by atoms with van der Waals surface area (Å²) in [4.78, 5) is 21.6. The summed E-state index contributed by atoms with van der Waals surface area (Å²) in [5, 5.41) is 9.05. The Hall–Kier alpha value is -2.56. The van der Waals surface area contributed by atoms with E-state index < -0.39 is 16.0 Å². The molecule has 3 rings (SSSR count). The van der Waals surface area contributed by atoms with Crippen LogP contribution < -0.4 is 10.5 Å². The van der Waals surface area contributed by atoms with Crippen LogP contribution >= 0.6 is 11.3 Å². The van der Waals surface area contributed by atoms with Crippen LogP contribution in [0.5, 0.6) is 0 Å². The molecule has 10 heteroatoms. The van der Waals surface area contributed by atoms with Gasteiger partial charge in [-0.2, -0.15) is 0 Å². The number of aryl methyl sites for hydroxylation is 1. The van der Waals surface area contributed by atoms with Crippen molar-refractivity contribution in [3.63, 3.8) is 0 Å². The van der Waals surface area contributed by atoms with Gasteiger partial charge in [0, 0.05) is 6.54 Å². The highest BCUT2D eigenvalue weighted by molar-refractivity contribution is 7.89. The number of fused-ring (bicyclic) bond motifs is 1. The maximum Gasteiger partial charge on any atom is 0.348 e. The number of carbonyl (C=O) groups is 1. The zero-order valence-electron chi connectivity index (χ0n) is 14.0. The topological polar surface area (TPSA) is 124 Å². The van der Waals surface area contributed by atoms with E-state index in [-0.39, 0.29) is 4.90 Å². The molecule has 3 N–H and O–H groups in total. The van der Waals surface area contributed by atoms with E-state index in [1.807, 2.05) is 6.92 Å². The van der Waals surface area contributed by atoms with Gasteiger partial charge in [-0.1, -0.05) is 12.1 Å². The van der Waals surface area contributed by atoms with E-state index in [9.17, 15) is 13.2 Å². The number of sulfonamides is 1. The van der Waals surface area contributed by atoms with Crippen LogP contribution in [0.25, 0.3) is 10.2 Å². The van der Waals surface area contributed by atoms with Crippen molar-refractivity contribution in [2.75, 3.05) is 12.4 Å². The quantitative estimate of drug-likeness (QED) is 0.637. The minimum Gasteiger partial charge on any atom is -0.465 e. The van der Waals surface area contributed by atoms with Crippen molar-refractivity contribution in [3.05, 3.63) is 46.6 Å². The van der Waals surface area contributed by atoms with Crippen LogP contribution in [0.1, 0.15) is 20.8 Å². The van der Waals surface area contributed by atoms with Gasteiger partial charge in [0.15, 0.2) is 0 Å². The largest absolute Gasteiger partial charge is 0.465 e. The predicted octanol–water partition coefficient (Wildman–Crippen LogP) is 2.05. The molecule has 0 amide bonds. The fraction of sp³-hybridized carbons (Fsp3) is 0.188. The molecule has 0 fully saturated rings. The van der Waals surface area contributed by atoms with Crippen molar-refractivity contribution in [3.8, 4) is 0 Å². The molecule has 0 aliphatic rings. The molecule has 0 saturated heterocycles. The lowest BCUT2D eigenvalue weighted by molar-refractivity contribution is 0.0605. The van der Waals surface area contributed by atoms with Crippen LogP contribution in [0.3, 0.4) is 0 Å². The monoisotopic (exact) mass is 392 g/mol. The van der Waals surface area contributed by atoms with Gasteiger partial charge in [0.25, 0.3) is 0 Å². The van der Waals surface area contributed by atoms with E-state index >= 15 is 0 Å². The van der Waals surface area contributed by atoms with E-state index in [1.165, 1.54) is 36.9 Å². The summed E-state index contributed by atoms with van der Waals surface area (Å²) in [6, 6.07) is 6.25. The lowest BCUT2D eigenvalue weighted by Gasteiger charge is -2.08. The number of carbonyl (C=O) groups excluding carboxylic acids is 1. The molecule has 0 aliphatic heterocycles. The molecule has 8 nitrogen and oxygen atoms in total. The van der Waals surface area contributed by atoms with Gasteiger partial charge in [0.05, 0.1) is 17.4 Å². The molecule has 3 aromatic rings. The van der Waals surface area contributed by atoms with Gasteiger partial charge in [-0.25, -0.2) is 28.3 Å². The van der Waals surface area contributed by atoms with Crippen molar-refractivity contribution in [1.29, 1.82) is 0 Å². The van der Waals surface area contributed by atoms with Gasteiger partial charge in [0.1, 0.15) is 21.9 Å². The number of hydrogen-bond donors (Lipinski definition) is 2. The highest BCUT2D eigenvalue weighted by atomic mass is 32.2. The third kappa shape index (κ3) is 3.52. The smallest absolute Gasteiger partial charge is 0.348 e. The Bertz CT molecular complexity index is 1080. The van der Waals surface area contributed by atoms with Crippen molar-refractivity contribution >= 4 is 43.4 Å². The number of ether oxygens (including phenoxy) is 1. The number of anilines is 1. The minimum absolute atomic E-state index is 0.0575. The van der Waals surface area contributed by atoms with Gasteiger partial charge < -0.3 is 10.1 Å². The highest BCUT2D eigenvalue weighted by Gasteiger charge is 2.19. The predicted molar refractivity (Wildman–Crippen MR) is 98.6 cm³/mol. The number of thiophene rings is 1. The maximum absolute atomic E-state index is 11.9. The lowest BCUT2D eigenvalue weighted by atomic mass is 10.2. The first kappa shape index (κ1) is 18.2. The zero-order chi connectivity index (χ0) is 18.9. The standard InChI is InChI=1S/C16H16N4O4S2/c1-9-12-14(19-8-20-15(12)25-13(9)16(21)24-2)18-7-10-3-5-11(6-4-10)26(17,22)23/h3-6,8H,7H2,1-2H3,(H2,17,22,23)(H,18,19,20). The number of primary sulfonamides is 1. The number of nitrogens with one attached hydrogen (secondary N) is 1. The van der Waals surface area contributed by atoms with Gasteiger partial charge in [-0.3, -0.25) is 0 Å². The average Bonchev–Trinajstić information content (AvgIpc) is 2.96. The minimum atomic E-state index is -3.71. The van der Waals surface area contributed by atoms with E-state index in [0.29, 0.717) is 22.1 Å². The molecular weight excluding hydrogens is 376 g/mol. The normalized spacial score (nSPS) is 11.5. The highest BCUT2D eigenvalue weighted by Crippen LogP contribution is 2.33. The molecule has 0 unspecified atom stereocenters. The molecule has 0 saturated carbocycles. The summed E-state index contributed by atoms with van der Waals surface area (Å²) < 4.78 is 27.4. The van der Waals surface area contributed by atoms with E-state index in [2.05, 4.69) is 15.3 Å². The van der Waals surface area contributed by atoms with Gasteiger partial charge >= 0.3 is 5.97 Å². The molecule has 0 spiro atoms. The van der Waals surface area contributed by atoms with E-state index in [0.717, 1.165) is 16.5 Å². The second kappa shape index (κ2) is 6.98. The van der Waals surface area contributed by atoms with Crippen LogP contribution in [0.2, 0.25) is 0 Å². The number of nitrogens with zero attached hydrogens (tertiary/aromatic N) is 2. The van der Waals surface area contributed by atoms with Crippen molar-refractivity contribution in [2.24, 2.45) is 5.14 Å². The Morgan fingerprint density at radius 2 is 1.96 bits per heavy atom. The fourth-order valence-electron chi connectivity index (χ4n) is 2.48. The van der Waals surface area contributed by atoms with Crippen LogP contribution in [-0.2, 0) is 21.3 Å². The van der Waals surface area contributed by atoms with Crippen molar-refractivity contribution < 1.29 is 17.9 Å². The van der Waals surface area contributed by atoms with E-state index in [4.69, 9.17) is 9.88 Å². The number of methoxy groups -OCH3 is 1. The summed E-state index contributed by atoms with van der Waals surface area (Å²) >= 11 is 1.25. The molecular formula is C16H16N4O4S2. The molecule has 1 aromatic carbocycles. The van der Waals surface area contributed by atoms with Crippen LogP contribution in [0.4, 0.5) is 5.82 Å². The Balaban J connectivity index is 1.87. The molecule has 26 heavy (non-hydrogen) atoms. The Morgan fingerprint density at radius 1 is 1.27 bits per heavy atom. The average molecular weight is 392 g/mol. The molecule has 0 aliphatic carbocycles. The second-order valence-corrected chi connectivity index (χ2v) is 8.05. The molecule has 0 radical (unpaired) electrons. The van der Waals surface area contributed by atoms with Gasteiger partial charge in [-0.15, -0.1) is 11.3 Å². The number of aromatic nitrogens is 2. The summed E-state index contributed by atoms with van der Waals surface area (Å²) in [5.74, 6) is 0.185. The first-order valence-corrected chi connectivity index (χ1v) is 9.85. The van der Waals surface area contributed by atoms with Crippen LogP contribution in [0.15, 0.2) is 35.5 Å². The molecule has 2 aromatic heterocycles. The van der Waals surface area contributed by atoms with Crippen LogP contribution in [0, 0.1) is 6.92 Å². The van der Waals surface area contributed by atoms with Crippen molar-refractivity contribution in [2.45, 2.75) is 18.4 Å². The first-order valence-electron chi connectivity index (χ1n) is 7.49. The Labute approximate surface area is 154 Å². The van der Waals surface area contributed by atoms with Gasteiger partial charge in [-0.05, 0) is 30.2 Å². The molecule has 0 atom stereocenters. The third-order valence-corrected chi connectivity index (χ3v) is 5.92. The second-order valence-electron chi connectivity index (χ2n) is 5.49. The molecule has 0 bridgehead atoms. The Morgan fingerprint density at radius 3 is 2.58 bits per heavy atom. The SMILES string of the molecule is COC(=O)c1sc2ncnc(NCc3ccc(S(N)(=O)=O)cc3)c2c1C. The maximum atomic E-state index is 11.9. The number of rotatable bonds is 5. The number of hydrogen-bond acceptors (Lipinski definition) is 8. The van der Waals surface area contributed by atoms with Crippen molar-refractivity contribution in [1.82, 2.24) is 9.97 Å².